The number of aliphatic hydroxyl groups is 1. The van der Waals surface area contributed by atoms with Gasteiger partial charge in [0.05, 0.1) is 12.3 Å². The first kappa shape index (κ1) is 18.4. The van der Waals surface area contributed by atoms with E-state index in [1.165, 1.54) is 0 Å². The van der Waals surface area contributed by atoms with Crippen LogP contribution >= 0.6 is 0 Å². The van der Waals surface area contributed by atoms with Gasteiger partial charge in [0.1, 0.15) is 12.4 Å². The number of aryl methyl sites for hydroxylation is 1. The molecule has 1 unspecified atom stereocenters. The summed E-state index contributed by atoms with van der Waals surface area (Å²) in [6.45, 7) is 2.13. The first-order chi connectivity index (χ1) is 12.3. The third-order valence-corrected chi connectivity index (χ3v) is 4.44. The summed E-state index contributed by atoms with van der Waals surface area (Å²) in [6.07, 6.45) is -1.38. The molecule has 2 N–H and O–H groups in total. The Hall–Kier alpha value is -2.36. The number of aliphatic hydroxyl groups excluding tert-OH is 1. The third-order valence-electron chi connectivity index (χ3n) is 4.44. The Balaban J connectivity index is 1.59. The zero-order chi connectivity index (χ0) is 18.9. The van der Waals surface area contributed by atoms with Gasteiger partial charge in [-0.1, -0.05) is 0 Å². The SMILES string of the molecule is Cc1nc2c(n1CCO)CCC(NC(=O)Cn1ccc(C(F)(F)F)n1)C2. The smallest absolute Gasteiger partial charge is 0.395 e. The molecular weight excluding hydrogens is 351 g/mol. The summed E-state index contributed by atoms with van der Waals surface area (Å²) in [6, 6.07) is 0.723. The molecule has 1 aliphatic carbocycles. The van der Waals surface area contributed by atoms with E-state index < -0.39 is 11.9 Å². The maximum Gasteiger partial charge on any atom is 0.435 e. The number of rotatable bonds is 5. The lowest BCUT2D eigenvalue weighted by Crippen LogP contribution is -2.40. The Bertz CT molecular complexity index is 796. The number of carbonyl (C=O) groups excluding carboxylic acids is 1. The number of carbonyl (C=O) groups is 1. The number of alkyl halides is 3. The largest absolute Gasteiger partial charge is 0.435 e. The number of hydrogen-bond donors (Lipinski definition) is 2. The van der Waals surface area contributed by atoms with Gasteiger partial charge < -0.3 is 15.0 Å². The molecule has 142 valence electrons. The second kappa shape index (κ2) is 7.10. The van der Waals surface area contributed by atoms with Gasteiger partial charge in [0.25, 0.3) is 0 Å². The lowest BCUT2D eigenvalue weighted by Gasteiger charge is -2.23. The summed E-state index contributed by atoms with van der Waals surface area (Å²) in [5, 5.41) is 15.4. The minimum absolute atomic E-state index is 0.0353. The van der Waals surface area contributed by atoms with Gasteiger partial charge in [-0.3, -0.25) is 9.48 Å². The summed E-state index contributed by atoms with van der Waals surface area (Å²) < 4.78 is 40.6. The first-order valence-corrected chi connectivity index (χ1v) is 8.33. The zero-order valence-corrected chi connectivity index (χ0v) is 14.3. The van der Waals surface area contributed by atoms with E-state index in [1.807, 2.05) is 11.5 Å². The summed E-state index contributed by atoms with van der Waals surface area (Å²) in [5.74, 6) is 0.439. The van der Waals surface area contributed by atoms with E-state index >= 15 is 0 Å². The van der Waals surface area contributed by atoms with Gasteiger partial charge in [0, 0.05) is 30.9 Å². The van der Waals surface area contributed by atoms with Crippen molar-refractivity contribution < 1.29 is 23.1 Å². The van der Waals surface area contributed by atoms with E-state index in [2.05, 4.69) is 15.4 Å². The van der Waals surface area contributed by atoms with Gasteiger partial charge in [-0.25, -0.2) is 4.98 Å². The number of aromatic nitrogens is 4. The van der Waals surface area contributed by atoms with E-state index in [4.69, 9.17) is 5.11 Å². The molecule has 0 saturated carbocycles. The summed E-state index contributed by atoms with van der Waals surface area (Å²) in [7, 11) is 0. The molecule has 0 aliphatic heterocycles. The van der Waals surface area contributed by atoms with Crippen molar-refractivity contribution in [1.82, 2.24) is 24.6 Å². The number of amides is 1. The van der Waals surface area contributed by atoms with Crippen LogP contribution in [0.3, 0.4) is 0 Å². The Labute approximate surface area is 147 Å². The van der Waals surface area contributed by atoms with Gasteiger partial charge in [0.15, 0.2) is 5.69 Å². The van der Waals surface area contributed by atoms with Crippen LogP contribution in [0, 0.1) is 6.92 Å². The van der Waals surface area contributed by atoms with E-state index in [0.29, 0.717) is 19.4 Å². The van der Waals surface area contributed by atoms with Crippen molar-refractivity contribution in [3.63, 3.8) is 0 Å². The Morgan fingerprint density at radius 1 is 1.46 bits per heavy atom. The molecule has 3 rings (SSSR count). The standard InChI is InChI=1S/C16H20F3N5O2/c1-10-20-12-8-11(2-3-13(12)24(10)6-7-25)21-15(26)9-23-5-4-14(22-23)16(17,18)19/h4-5,11,25H,2-3,6-9H2,1H3,(H,21,26). The number of nitrogens with one attached hydrogen (secondary N) is 1. The van der Waals surface area contributed by atoms with Gasteiger partial charge in [-0.05, 0) is 25.8 Å². The molecule has 1 aliphatic rings. The van der Waals surface area contributed by atoms with Crippen LogP contribution in [0.15, 0.2) is 12.3 Å². The molecule has 7 nitrogen and oxygen atoms in total. The second-order valence-corrected chi connectivity index (χ2v) is 6.33. The Morgan fingerprint density at radius 3 is 2.88 bits per heavy atom. The highest BCUT2D eigenvalue weighted by atomic mass is 19.4. The van der Waals surface area contributed by atoms with Crippen LogP contribution in [0.5, 0.6) is 0 Å². The number of hydrogen-bond acceptors (Lipinski definition) is 4. The van der Waals surface area contributed by atoms with Crippen LogP contribution in [0.2, 0.25) is 0 Å². The van der Waals surface area contributed by atoms with Crippen LogP contribution in [0.25, 0.3) is 0 Å². The van der Waals surface area contributed by atoms with Gasteiger partial charge in [-0.15, -0.1) is 0 Å². The van der Waals surface area contributed by atoms with Crippen LogP contribution in [-0.2, 0) is 36.9 Å². The zero-order valence-electron chi connectivity index (χ0n) is 14.3. The molecule has 2 aromatic rings. The lowest BCUT2D eigenvalue weighted by molar-refractivity contribution is -0.141. The number of nitrogens with zero attached hydrogens (tertiary/aromatic N) is 4. The molecule has 2 aromatic heterocycles. The molecule has 10 heteroatoms. The molecule has 1 atom stereocenters. The number of halogens is 3. The van der Waals surface area contributed by atoms with Crippen molar-refractivity contribution in [1.29, 1.82) is 0 Å². The van der Waals surface area contributed by atoms with Crippen molar-refractivity contribution in [3.8, 4) is 0 Å². The van der Waals surface area contributed by atoms with E-state index in [-0.39, 0.29) is 25.1 Å². The second-order valence-electron chi connectivity index (χ2n) is 6.33. The predicted molar refractivity (Wildman–Crippen MR) is 85.2 cm³/mol. The quantitative estimate of drug-likeness (QED) is 0.824. The van der Waals surface area contributed by atoms with Crippen molar-refractivity contribution in [2.75, 3.05) is 6.61 Å². The van der Waals surface area contributed by atoms with E-state index in [1.54, 1.807) is 0 Å². The fourth-order valence-corrected chi connectivity index (χ4v) is 3.30. The molecule has 0 aromatic carbocycles. The van der Waals surface area contributed by atoms with Crippen molar-refractivity contribution in [2.24, 2.45) is 0 Å². The minimum Gasteiger partial charge on any atom is -0.395 e. The monoisotopic (exact) mass is 371 g/mol. The maximum atomic E-state index is 12.5. The average molecular weight is 371 g/mol. The summed E-state index contributed by atoms with van der Waals surface area (Å²) in [5.41, 5.74) is 0.951. The van der Waals surface area contributed by atoms with E-state index in [9.17, 15) is 18.0 Å². The molecule has 1 amide bonds. The molecule has 0 fully saturated rings. The van der Waals surface area contributed by atoms with Crippen molar-refractivity contribution in [3.05, 3.63) is 35.2 Å². The molecule has 26 heavy (non-hydrogen) atoms. The fraction of sp³-hybridized carbons (Fsp3) is 0.562. The highest BCUT2D eigenvalue weighted by Crippen LogP contribution is 2.27. The lowest BCUT2D eigenvalue weighted by atomic mass is 9.96. The highest BCUT2D eigenvalue weighted by Gasteiger charge is 2.33. The Morgan fingerprint density at radius 2 is 2.23 bits per heavy atom. The molecule has 0 saturated heterocycles. The normalized spacial score (nSPS) is 17.2. The highest BCUT2D eigenvalue weighted by molar-refractivity contribution is 5.76. The van der Waals surface area contributed by atoms with Crippen LogP contribution in [0.4, 0.5) is 13.2 Å². The maximum absolute atomic E-state index is 12.5. The molecule has 0 spiro atoms. The summed E-state index contributed by atoms with van der Waals surface area (Å²) in [4.78, 5) is 16.6. The van der Waals surface area contributed by atoms with Crippen molar-refractivity contribution >= 4 is 5.91 Å². The summed E-state index contributed by atoms with van der Waals surface area (Å²) >= 11 is 0. The van der Waals surface area contributed by atoms with Crippen molar-refractivity contribution in [2.45, 2.75) is 51.5 Å². The van der Waals surface area contributed by atoms with E-state index in [0.717, 1.165) is 40.6 Å². The minimum atomic E-state index is -4.52. The molecule has 0 bridgehead atoms. The van der Waals surface area contributed by atoms with Crippen LogP contribution in [0.1, 0.15) is 29.3 Å². The first-order valence-electron chi connectivity index (χ1n) is 8.33. The topological polar surface area (TPSA) is 85.0 Å². The Kier molecular flexibility index (Phi) is 5.03. The van der Waals surface area contributed by atoms with Crippen LogP contribution < -0.4 is 5.32 Å². The predicted octanol–water partition coefficient (Wildman–Crippen LogP) is 1.07. The third kappa shape index (κ3) is 3.90. The molecule has 0 radical (unpaired) electrons. The van der Waals surface area contributed by atoms with Gasteiger partial charge in [0.2, 0.25) is 5.91 Å². The number of fused-ring (bicyclic) bond motifs is 1. The fourth-order valence-electron chi connectivity index (χ4n) is 3.30. The molecule has 2 heterocycles. The van der Waals surface area contributed by atoms with Gasteiger partial charge >= 0.3 is 6.18 Å². The number of imidazole rings is 1. The molecular formula is C16H20F3N5O2. The van der Waals surface area contributed by atoms with Gasteiger partial charge in [-0.2, -0.15) is 18.3 Å². The van der Waals surface area contributed by atoms with Crippen LogP contribution in [-0.4, -0.2) is 43.0 Å². The average Bonchev–Trinajstić information content (AvgIpc) is 3.12.